The number of carbonyl (C=O) groups is 10. The van der Waals surface area contributed by atoms with E-state index >= 15 is 0 Å². The van der Waals surface area contributed by atoms with Gasteiger partial charge in [0.1, 0.15) is 41.3 Å². The van der Waals surface area contributed by atoms with E-state index in [1.807, 2.05) is 56.5 Å². The van der Waals surface area contributed by atoms with Crippen LogP contribution < -0.4 is 54.0 Å². The number of primary amides is 1. The lowest BCUT2D eigenvalue weighted by molar-refractivity contribution is -0.148. The molecule has 2 aromatic carbocycles. The topological polar surface area (TPSA) is 366 Å². The predicted octanol–water partition coefficient (Wildman–Crippen LogP) is 4.96. The fourth-order valence-electron chi connectivity index (χ4n) is 11.4. The quantitative estimate of drug-likeness (QED) is 0.0339. The number of thiazole rings is 1. The first-order valence-corrected chi connectivity index (χ1v) is 33.1. The Balaban J connectivity index is 1.38. The number of rotatable bonds is 38. The summed E-state index contributed by atoms with van der Waals surface area (Å²) in [5, 5.41) is 24.7. The number of urea groups is 1. The molecule has 516 valence electrons. The maximum absolute atomic E-state index is 14.7. The van der Waals surface area contributed by atoms with Gasteiger partial charge in [0.05, 0.1) is 42.7 Å². The molecule has 11 amide bonds. The van der Waals surface area contributed by atoms with Crippen molar-refractivity contribution in [3.05, 3.63) is 82.3 Å². The van der Waals surface area contributed by atoms with Crippen molar-refractivity contribution in [2.75, 3.05) is 46.2 Å². The molecule has 1 unspecified atom stereocenters. The Morgan fingerprint density at radius 3 is 2.01 bits per heavy atom. The van der Waals surface area contributed by atoms with Crippen molar-refractivity contribution < 1.29 is 62.2 Å². The average molecular weight is 1320 g/mol. The lowest BCUT2D eigenvalue weighted by Gasteiger charge is -2.41. The molecule has 0 bridgehead atoms. The van der Waals surface area contributed by atoms with Gasteiger partial charge < -0.3 is 78.0 Å². The number of nitrogens with two attached hydrogens (primary N) is 2. The minimum Gasteiger partial charge on any atom is -0.445 e. The number of nitrogens with zero attached hydrogens (tertiary/aromatic N) is 3. The lowest BCUT2D eigenvalue weighted by Crippen LogP contribution is -2.62. The highest BCUT2D eigenvalue weighted by molar-refractivity contribution is 7.09. The number of methoxy groups -OCH3 is 2. The number of amides is 11. The number of aromatic nitrogens is 1. The van der Waals surface area contributed by atoms with E-state index in [2.05, 4.69) is 47.5 Å². The maximum Gasteiger partial charge on any atom is 0.408 e. The Hall–Kier alpha value is -7.75. The second kappa shape index (κ2) is 38.4. The summed E-state index contributed by atoms with van der Waals surface area (Å²) in [7, 11) is 4.69. The van der Waals surface area contributed by atoms with Crippen molar-refractivity contribution >= 4 is 76.4 Å². The molecule has 0 spiro atoms. The summed E-state index contributed by atoms with van der Waals surface area (Å²) < 4.78 is 17.7. The van der Waals surface area contributed by atoms with E-state index in [-0.39, 0.29) is 56.2 Å². The lowest BCUT2D eigenvalue weighted by atomic mass is 9.89. The van der Waals surface area contributed by atoms with Crippen LogP contribution in [0.2, 0.25) is 0 Å². The van der Waals surface area contributed by atoms with Crippen LogP contribution in [0.1, 0.15) is 149 Å². The molecule has 1 aliphatic heterocycles. The van der Waals surface area contributed by atoms with Crippen LogP contribution in [0.5, 0.6) is 0 Å². The summed E-state index contributed by atoms with van der Waals surface area (Å²) in [5.74, 6) is -5.44. The zero-order valence-electron chi connectivity index (χ0n) is 56.5. The molecule has 12 N–H and O–H groups in total. The van der Waals surface area contributed by atoms with Gasteiger partial charge in [-0.15, -0.1) is 11.3 Å². The standard InChI is InChI=1S/C66H103N13O13S/c1-14-41(6)55(51(90-12)37-52(81)79-34-21-26-50(79)56(91-13)42(7)57(82)74-49(61-69-33-35-93-61)36-44-22-16-15-17-23-44)78(11)62(86)54(40(4)5)76-63(87)66(9,10)77-65(89)92-38-45-27-29-46(30-28-45)72-58(83)48(25-20-32-70-64(68)88)73-60(85)53(39(2)3)75-59(84)47(71-43(8)80)24-18-19-31-67/h15-17,22-23,27-30,33,35,39-42,47-51,53-56H,14,18-21,24-26,31-32,34,36-38,67H2,1-13H3,(H,71,80)(H,72,83)(H,73,85)(H,74,82)(H,75,84)(H,76,87)(H,77,89)(H3,68,70,88)/t41-,42+,47-,48-,49-,50-,51+,53?,54-,55-,56+/m0/s1. The highest BCUT2D eigenvalue weighted by Crippen LogP contribution is 2.31. The number of likely N-dealkylation sites (tertiary alicyclic amines) is 1. The number of benzene rings is 2. The molecule has 0 saturated carbocycles. The third-order valence-electron chi connectivity index (χ3n) is 16.9. The summed E-state index contributed by atoms with van der Waals surface area (Å²) in [6.07, 6.45) is 3.58. The molecule has 26 nitrogen and oxygen atoms in total. The van der Waals surface area contributed by atoms with Gasteiger partial charge in [-0.3, -0.25) is 38.4 Å². The Morgan fingerprint density at radius 1 is 0.774 bits per heavy atom. The fraction of sp³-hybridized carbons (Fsp3) is 0.621. The molecular formula is C66H103N13O13S. The highest BCUT2D eigenvalue weighted by Gasteiger charge is 2.44. The molecule has 1 fully saturated rings. The molecule has 27 heteroatoms. The Bertz CT molecular complexity index is 2900. The van der Waals surface area contributed by atoms with Crippen LogP contribution in [-0.2, 0) is 65.6 Å². The first-order valence-electron chi connectivity index (χ1n) is 32.2. The maximum atomic E-state index is 14.7. The molecule has 4 rings (SSSR count). The smallest absolute Gasteiger partial charge is 0.408 e. The number of carbonyl (C=O) groups excluding carboxylic acids is 10. The molecular weight excluding hydrogens is 1210 g/mol. The van der Waals surface area contributed by atoms with E-state index in [1.54, 1.807) is 82.1 Å². The summed E-state index contributed by atoms with van der Waals surface area (Å²) in [6, 6.07) is 9.80. The zero-order chi connectivity index (χ0) is 69.1. The van der Waals surface area contributed by atoms with Gasteiger partial charge in [0.15, 0.2) is 0 Å². The SMILES string of the molecule is CC[C@H](C)[C@@H]([C@@H](CC(=O)N1CCC[C@H]1[C@H](OC)[C@@H](C)C(=O)N[C@@H](Cc1ccccc1)c1nccs1)OC)N(C)C(=O)[C@@H](NC(=O)C(C)(C)NC(=O)OCc1ccc(NC(=O)[C@H](CCCNC(N)=O)NC(=O)C(NC(=O)[C@H](CCCCN)NC(C)=O)C(C)C)cc1)C(C)C. The first kappa shape index (κ1) is 77.7. The van der Waals surface area contributed by atoms with Crippen LogP contribution in [-0.4, -0.2) is 169 Å². The molecule has 11 atom stereocenters. The molecule has 93 heavy (non-hydrogen) atoms. The minimum absolute atomic E-state index is 0.0667. The van der Waals surface area contributed by atoms with Gasteiger partial charge >= 0.3 is 12.1 Å². The van der Waals surface area contributed by atoms with Gasteiger partial charge in [-0.2, -0.15) is 0 Å². The molecule has 0 radical (unpaired) electrons. The van der Waals surface area contributed by atoms with Crippen molar-refractivity contribution in [1.82, 2.24) is 52.0 Å². The minimum atomic E-state index is -1.59. The normalized spacial score (nSPS) is 16.4. The average Bonchev–Trinajstić information content (AvgIpc) is 2.61. The largest absolute Gasteiger partial charge is 0.445 e. The Morgan fingerprint density at radius 2 is 1.43 bits per heavy atom. The van der Waals surface area contributed by atoms with Crippen molar-refractivity contribution in [3.8, 4) is 0 Å². The second-order valence-corrected chi connectivity index (χ2v) is 26.1. The van der Waals surface area contributed by atoms with Crippen LogP contribution in [0, 0.1) is 23.7 Å². The third-order valence-corrected chi connectivity index (χ3v) is 17.8. The predicted molar refractivity (Wildman–Crippen MR) is 355 cm³/mol. The number of ether oxygens (including phenoxy) is 3. The van der Waals surface area contributed by atoms with Crippen molar-refractivity contribution in [2.24, 2.45) is 35.1 Å². The van der Waals surface area contributed by atoms with Gasteiger partial charge in [0.25, 0.3) is 0 Å². The van der Waals surface area contributed by atoms with E-state index in [0.717, 1.165) is 10.6 Å². The fourth-order valence-corrected chi connectivity index (χ4v) is 12.1. The summed E-state index contributed by atoms with van der Waals surface area (Å²) in [5.41, 5.74) is 11.2. The Kier molecular flexibility index (Phi) is 32.1. The zero-order valence-corrected chi connectivity index (χ0v) is 57.3. The van der Waals surface area contributed by atoms with Crippen LogP contribution in [0.25, 0.3) is 0 Å². The summed E-state index contributed by atoms with van der Waals surface area (Å²) >= 11 is 1.47. The summed E-state index contributed by atoms with van der Waals surface area (Å²) in [4.78, 5) is 143. The van der Waals surface area contributed by atoms with Crippen LogP contribution in [0.4, 0.5) is 15.3 Å². The molecule has 2 heterocycles. The number of likely N-dealkylation sites (N-methyl/N-ethyl adjacent to an activating group) is 1. The molecule has 1 saturated heterocycles. The Labute approximate surface area is 552 Å². The number of alkyl carbamates (subject to hydrolysis) is 1. The number of hydrogen-bond acceptors (Lipinski definition) is 16. The highest BCUT2D eigenvalue weighted by atomic mass is 32.1. The molecule has 0 aliphatic carbocycles. The van der Waals surface area contributed by atoms with E-state index in [1.165, 1.54) is 39.2 Å². The van der Waals surface area contributed by atoms with E-state index in [4.69, 9.17) is 25.7 Å². The van der Waals surface area contributed by atoms with Gasteiger partial charge in [-0.25, -0.2) is 14.6 Å². The monoisotopic (exact) mass is 1320 g/mol. The van der Waals surface area contributed by atoms with E-state index < -0.39 is 119 Å². The second-order valence-electron chi connectivity index (χ2n) is 25.2. The van der Waals surface area contributed by atoms with Crippen molar-refractivity contribution in [2.45, 2.75) is 200 Å². The van der Waals surface area contributed by atoms with Crippen LogP contribution in [0.15, 0.2) is 66.2 Å². The number of hydrogen-bond donors (Lipinski definition) is 10. The van der Waals surface area contributed by atoms with Gasteiger partial charge in [-0.05, 0) is 113 Å². The van der Waals surface area contributed by atoms with Crippen LogP contribution >= 0.6 is 11.3 Å². The van der Waals surface area contributed by atoms with E-state index in [0.29, 0.717) is 69.3 Å². The number of anilines is 1. The number of nitrogens with one attached hydrogen (secondary N) is 8. The third kappa shape index (κ3) is 24.3. The molecule has 1 aliphatic rings. The van der Waals surface area contributed by atoms with Gasteiger partial charge in [-0.1, -0.05) is 97.4 Å². The van der Waals surface area contributed by atoms with E-state index in [9.17, 15) is 47.9 Å². The van der Waals surface area contributed by atoms with Crippen molar-refractivity contribution in [1.29, 1.82) is 0 Å². The van der Waals surface area contributed by atoms with Gasteiger partial charge in [0, 0.05) is 58.5 Å². The van der Waals surface area contributed by atoms with Crippen LogP contribution in [0.3, 0.4) is 0 Å². The first-order chi connectivity index (χ1) is 44.1. The number of unbranched alkanes of at least 4 members (excludes halogenated alkanes) is 1. The molecule has 3 aromatic rings. The summed E-state index contributed by atoms with van der Waals surface area (Å²) in [6.45, 7) is 17.7. The van der Waals surface area contributed by atoms with Crippen molar-refractivity contribution in [3.63, 3.8) is 0 Å². The molecule has 1 aromatic heterocycles. The van der Waals surface area contributed by atoms with Gasteiger partial charge in [0.2, 0.25) is 47.3 Å².